The van der Waals surface area contributed by atoms with Crippen molar-refractivity contribution in [3.63, 3.8) is 0 Å². The Balaban J connectivity index is 2.28. The summed E-state index contributed by atoms with van der Waals surface area (Å²) < 4.78 is 13.5. The minimum atomic E-state index is -0.173. The van der Waals surface area contributed by atoms with Gasteiger partial charge in [0.25, 0.3) is 0 Å². The van der Waals surface area contributed by atoms with Crippen LogP contribution in [0.5, 0.6) is 0 Å². The van der Waals surface area contributed by atoms with Crippen LogP contribution in [-0.4, -0.2) is 11.5 Å². The number of hydrogen-bond acceptors (Lipinski definition) is 2. The molecular formula is C18H23FN2. The number of aryl methyl sites for hydroxylation is 2. The maximum atomic E-state index is 13.5. The minimum absolute atomic E-state index is 0.166. The molecule has 21 heavy (non-hydrogen) atoms. The minimum Gasteiger partial charge on any atom is -0.310 e. The molecule has 1 heterocycles. The molecule has 1 aromatic carbocycles. The van der Waals surface area contributed by atoms with E-state index in [4.69, 9.17) is 0 Å². The number of aromatic nitrogens is 1. The first-order valence-electron chi connectivity index (χ1n) is 7.51. The highest BCUT2D eigenvalue weighted by atomic mass is 19.1. The molecule has 2 rings (SSSR count). The summed E-state index contributed by atoms with van der Waals surface area (Å²) in [6.07, 6.45) is 3.65. The molecule has 2 aromatic rings. The Bertz CT molecular complexity index is 596. The number of pyridine rings is 1. The van der Waals surface area contributed by atoms with Crippen LogP contribution in [0.3, 0.4) is 0 Å². The molecule has 0 radical (unpaired) electrons. The normalized spacial score (nSPS) is 12.4. The Kier molecular flexibility index (Phi) is 5.45. The molecule has 0 saturated heterocycles. The number of rotatable bonds is 6. The summed E-state index contributed by atoms with van der Waals surface area (Å²) in [5, 5.41) is 3.56. The molecule has 0 aliphatic heterocycles. The SMILES string of the molecule is CCCNC(Cc1cc(F)ccc1C)c1cccnc1C. The topological polar surface area (TPSA) is 24.9 Å². The summed E-state index contributed by atoms with van der Waals surface area (Å²) in [4.78, 5) is 4.38. The van der Waals surface area contributed by atoms with E-state index in [0.29, 0.717) is 0 Å². The van der Waals surface area contributed by atoms with E-state index in [2.05, 4.69) is 23.3 Å². The van der Waals surface area contributed by atoms with Gasteiger partial charge in [0.05, 0.1) is 0 Å². The van der Waals surface area contributed by atoms with Gasteiger partial charge in [-0.3, -0.25) is 4.98 Å². The molecule has 1 unspecified atom stereocenters. The van der Waals surface area contributed by atoms with Crippen molar-refractivity contribution in [3.05, 3.63) is 64.7 Å². The average molecular weight is 286 g/mol. The quantitative estimate of drug-likeness (QED) is 0.864. The van der Waals surface area contributed by atoms with Gasteiger partial charge in [-0.15, -0.1) is 0 Å². The van der Waals surface area contributed by atoms with E-state index >= 15 is 0 Å². The molecule has 1 atom stereocenters. The molecule has 0 fully saturated rings. The van der Waals surface area contributed by atoms with Crippen molar-refractivity contribution in [2.75, 3.05) is 6.54 Å². The lowest BCUT2D eigenvalue weighted by atomic mass is 9.95. The fourth-order valence-corrected chi connectivity index (χ4v) is 2.56. The summed E-state index contributed by atoms with van der Waals surface area (Å²) in [6, 6.07) is 9.23. The third-order valence-electron chi connectivity index (χ3n) is 3.80. The lowest BCUT2D eigenvalue weighted by Crippen LogP contribution is -2.25. The van der Waals surface area contributed by atoms with Crippen LogP contribution in [0.1, 0.15) is 41.8 Å². The maximum absolute atomic E-state index is 13.5. The van der Waals surface area contributed by atoms with Gasteiger partial charge in [0.1, 0.15) is 5.82 Å². The molecular weight excluding hydrogens is 263 g/mol. The Hall–Kier alpha value is -1.74. The second kappa shape index (κ2) is 7.32. The van der Waals surface area contributed by atoms with Gasteiger partial charge in [-0.1, -0.05) is 19.1 Å². The number of halogens is 1. The summed E-state index contributed by atoms with van der Waals surface area (Å²) in [7, 11) is 0. The van der Waals surface area contributed by atoms with Crippen LogP contribution in [0.15, 0.2) is 36.5 Å². The maximum Gasteiger partial charge on any atom is 0.123 e. The molecule has 112 valence electrons. The molecule has 2 nitrogen and oxygen atoms in total. The zero-order valence-electron chi connectivity index (χ0n) is 13.0. The fraction of sp³-hybridized carbons (Fsp3) is 0.389. The second-order valence-corrected chi connectivity index (χ2v) is 5.46. The highest BCUT2D eigenvalue weighted by Crippen LogP contribution is 2.23. The molecule has 0 aliphatic rings. The third-order valence-corrected chi connectivity index (χ3v) is 3.80. The van der Waals surface area contributed by atoms with E-state index in [0.717, 1.165) is 36.2 Å². The lowest BCUT2D eigenvalue weighted by Gasteiger charge is -2.21. The molecule has 0 amide bonds. The predicted molar refractivity (Wildman–Crippen MR) is 84.8 cm³/mol. The van der Waals surface area contributed by atoms with Gasteiger partial charge in [0.15, 0.2) is 0 Å². The van der Waals surface area contributed by atoms with Crippen molar-refractivity contribution >= 4 is 0 Å². The Labute approximate surface area is 126 Å². The fourth-order valence-electron chi connectivity index (χ4n) is 2.56. The van der Waals surface area contributed by atoms with Crippen molar-refractivity contribution < 1.29 is 4.39 Å². The first-order chi connectivity index (χ1) is 10.1. The zero-order chi connectivity index (χ0) is 15.2. The van der Waals surface area contributed by atoms with Gasteiger partial charge in [0.2, 0.25) is 0 Å². The van der Waals surface area contributed by atoms with E-state index in [9.17, 15) is 4.39 Å². The van der Waals surface area contributed by atoms with Crippen LogP contribution < -0.4 is 5.32 Å². The monoisotopic (exact) mass is 286 g/mol. The number of benzene rings is 1. The van der Waals surface area contributed by atoms with Crippen molar-refractivity contribution in [3.8, 4) is 0 Å². The molecule has 1 N–H and O–H groups in total. The highest BCUT2D eigenvalue weighted by molar-refractivity contribution is 5.31. The van der Waals surface area contributed by atoms with Gasteiger partial charge in [-0.25, -0.2) is 4.39 Å². The van der Waals surface area contributed by atoms with Crippen LogP contribution in [0, 0.1) is 19.7 Å². The summed E-state index contributed by atoms with van der Waals surface area (Å²) in [5.41, 5.74) is 4.39. The van der Waals surface area contributed by atoms with Crippen molar-refractivity contribution in [1.29, 1.82) is 0 Å². The Morgan fingerprint density at radius 2 is 2.05 bits per heavy atom. The predicted octanol–water partition coefficient (Wildman–Crippen LogP) is 4.12. The van der Waals surface area contributed by atoms with Crippen molar-refractivity contribution in [1.82, 2.24) is 10.3 Å². The molecule has 0 spiro atoms. The molecule has 3 heteroatoms. The first kappa shape index (κ1) is 15.6. The van der Waals surface area contributed by atoms with Gasteiger partial charge >= 0.3 is 0 Å². The van der Waals surface area contributed by atoms with Crippen LogP contribution in [0.25, 0.3) is 0 Å². The molecule has 1 aromatic heterocycles. The van der Waals surface area contributed by atoms with Crippen LogP contribution in [0.4, 0.5) is 4.39 Å². The summed E-state index contributed by atoms with van der Waals surface area (Å²) >= 11 is 0. The molecule has 0 saturated carbocycles. The number of nitrogens with one attached hydrogen (secondary N) is 1. The van der Waals surface area contributed by atoms with E-state index in [-0.39, 0.29) is 11.9 Å². The van der Waals surface area contributed by atoms with Crippen molar-refractivity contribution in [2.24, 2.45) is 0 Å². The van der Waals surface area contributed by atoms with Crippen LogP contribution in [0.2, 0.25) is 0 Å². The van der Waals surface area contributed by atoms with E-state index in [1.165, 1.54) is 11.6 Å². The van der Waals surface area contributed by atoms with Crippen LogP contribution in [-0.2, 0) is 6.42 Å². The van der Waals surface area contributed by atoms with Gasteiger partial charge < -0.3 is 5.32 Å². The second-order valence-electron chi connectivity index (χ2n) is 5.46. The first-order valence-corrected chi connectivity index (χ1v) is 7.51. The lowest BCUT2D eigenvalue weighted by molar-refractivity contribution is 0.522. The van der Waals surface area contributed by atoms with Crippen molar-refractivity contribution in [2.45, 2.75) is 39.7 Å². The Morgan fingerprint density at radius 3 is 2.76 bits per heavy atom. The number of nitrogens with zero attached hydrogens (tertiary/aromatic N) is 1. The largest absolute Gasteiger partial charge is 0.310 e. The zero-order valence-corrected chi connectivity index (χ0v) is 13.0. The third kappa shape index (κ3) is 4.11. The van der Waals surface area contributed by atoms with Gasteiger partial charge in [0, 0.05) is 17.9 Å². The smallest absolute Gasteiger partial charge is 0.123 e. The average Bonchev–Trinajstić information content (AvgIpc) is 2.48. The standard InChI is InChI=1S/C18H23FN2/c1-4-9-21-18(17-6-5-10-20-14(17)3)12-15-11-16(19)8-7-13(15)2/h5-8,10-11,18,21H,4,9,12H2,1-3H3. The van der Waals surface area contributed by atoms with E-state index in [1.54, 1.807) is 6.07 Å². The highest BCUT2D eigenvalue weighted by Gasteiger charge is 2.15. The van der Waals surface area contributed by atoms with E-state index < -0.39 is 0 Å². The van der Waals surface area contributed by atoms with Gasteiger partial charge in [-0.05, 0) is 68.1 Å². The van der Waals surface area contributed by atoms with E-state index in [1.807, 2.05) is 32.2 Å². The Morgan fingerprint density at radius 1 is 1.24 bits per heavy atom. The summed E-state index contributed by atoms with van der Waals surface area (Å²) in [5.74, 6) is -0.173. The van der Waals surface area contributed by atoms with Gasteiger partial charge in [-0.2, -0.15) is 0 Å². The van der Waals surface area contributed by atoms with Crippen LogP contribution >= 0.6 is 0 Å². The molecule has 0 aliphatic carbocycles. The molecule has 0 bridgehead atoms. The number of hydrogen-bond donors (Lipinski definition) is 1. The summed E-state index contributed by atoms with van der Waals surface area (Å²) in [6.45, 7) is 7.14.